The van der Waals surface area contributed by atoms with E-state index in [0.29, 0.717) is 0 Å². The van der Waals surface area contributed by atoms with Gasteiger partial charge in [0.05, 0.1) is 0 Å². The molecule has 2 rings (SSSR count). The topological polar surface area (TPSA) is 107 Å². The van der Waals surface area contributed by atoms with Crippen LogP contribution in [-0.4, -0.2) is 44.2 Å². The fraction of sp³-hybridized carbons (Fsp3) is 0.182. The number of rotatable bonds is 6. The highest BCUT2D eigenvalue weighted by Crippen LogP contribution is 2.05. The predicted molar refractivity (Wildman–Crippen MR) is 62.0 cm³/mol. The highest BCUT2D eigenvalue weighted by molar-refractivity contribution is 5.83. The van der Waals surface area contributed by atoms with Gasteiger partial charge in [0.25, 0.3) is 0 Å². The van der Waals surface area contributed by atoms with Gasteiger partial charge >= 0.3 is 12.0 Å². The summed E-state index contributed by atoms with van der Waals surface area (Å²) in [6.45, 7) is 0.407. The normalized spacial score (nSPS) is 9.89. The van der Waals surface area contributed by atoms with Crippen molar-refractivity contribution in [3.05, 3.63) is 36.5 Å². The second kappa shape index (κ2) is 6.24. The fourth-order valence-electron chi connectivity index (χ4n) is 1.16. The van der Waals surface area contributed by atoms with Crippen LogP contribution in [0.4, 0.5) is 0 Å². The van der Waals surface area contributed by atoms with E-state index < -0.39 is 5.97 Å². The zero-order valence-corrected chi connectivity index (χ0v) is 9.76. The van der Waals surface area contributed by atoms with Gasteiger partial charge in [-0.3, -0.25) is 0 Å². The van der Waals surface area contributed by atoms with Crippen molar-refractivity contribution in [2.45, 2.75) is 0 Å². The van der Waals surface area contributed by atoms with Gasteiger partial charge in [-0.15, -0.1) is 0 Å². The summed E-state index contributed by atoms with van der Waals surface area (Å²) in [7, 11) is 0. The van der Waals surface area contributed by atoms with E-state index in [1.54, 1.807) is 18.5 Å². The molecule has 0 spiro atoms. The highest BCUT2D eigenvalue weighted by Gasteiger charge is 2.07. The van der Waals surface area contributed by atoms with Crippen molar-refractivity contribution < 1.29 is 19.4 Å². The van der Waals surface area contributed by atoms with E-state index in [4.69, 9.17) is 14.6 Å². The minimum atomic E-state index is -1.21. The summed E-state index contributed by atoms with van der Waals surface area (Å²) in [5.74, 6) is -1.35. The average Bonchev–Trinajstić information content (AvgIpc) is 2.45. The van der Waals surface area contributed by atoms with Crippen molar-refractivity contribution >= 4 is 5.97 Å². The van der Waals surface area contributed by atoms with Gasteiger partial charge in [-0.05, 0) is 6.07 Å². The number of carboxylic acids is 1. The van der Waals surface area contributed by atoms with E-state index in [9.17, 15) is 4.79 Å². The second-order valence-electron chi connectivity index (χ2n) is 3.25. The Labute approximate surface area is 108 Å². The number of carbonyl (C=O) groups is 1. The van der Waals surface area contributed by atoms with Gasteiger partial charge in [0.15, 0.2) is 0 Å². The lowest BCUT2D eigenvalue weighted by molar-refractivity contribution is 0.0681. The summed E-state index contributed by atoms with van der Waals surface area (Å²) in [4.78, 5) is 25.7. The van der Waals surface area contributed by atoms with E-state index in [-0.39, 0.29) is 30.9 Å². The predicted octanol–water partition coefficient (Wildman–Crippen LogP) is 0.423. The second-order valence-corrected chi connectivity index (χ2v) is 3.25. The van der Waals surface area contributed by atoms with Crippen LogP contribution in [0.5, 0.6) is 11.9 Å². The Balaban J connectivity index is 1.80. The molecule has 8 heteroatoms. The third kappa shape index (κ3) is 3.87. The molecule has 0 unspecified atom stereocenters. The lowest BCUT2D eigenvalue weighted by Crippen LogP contribution is -2.12. The van der Waals surface area contributed by atoms with Crippen molar-refractivity contribution in [1.29, 1.82) is 0 Å². The Morgan fingerprint density at radius 2 is 1.84 bits per heavy atom. The van der Waals surface area contributed by atoms with Crippen molar-refractivity contribution in [3.8, 4) is 11.9 Å². The minimum Gasteiger partial charge on any atom is -0.475 e. The van der Waals surface area contributed by atoms with Crippen LogP contribution < -0.4 is 9.47 Å². The summed E-state index contributed by atoms with van der Waals surface area (Å²) in [6, 6.07) is 3.39. The smallest absolute Gasteiger partial charge is 0.374 e. The molecule has 0 aliphatic carbocycles. The Morgan fingerprint density at radius 3 is 2.58 bits per heavy atom. The van der Waals surface area contributed by atoms with Gasteiger partial charge in [-0.25, -0.2) is 19.7 Å². The number of aromatic nitrogens is 4. The number of ether oxygens (including phenoxy) is 2. The third-order valence-electron chi connectivity index (χ3n) is 1.93. The molecule has 0 saturated heterocycles. The molecule has 0 bridgehead atoms. The van der Waals surface area contributed by atoms with Crippen LogP contribution in [0.1, 0.15) is 10.6 Å². The molecule has 0 amide bonds. The zero-order chi connectivity index (χ0) is 13.5. The lowest BCUT2D eigenvalue weighted by Gasteiger charge is -2.06. The number of hydrogen-bond donors (Lipinski definition) is 1. The van der Waals surface area contributed by atoms with Crippen molar-refractivity contribution in [2.24, 2.45) is 0 Å². The maximum absolute atomic E-state index is 10.6. The van der Waals surface area contributed by atoms with Crippen LogP contribution >= 0.6 is 0 Å². The Hall–Kier alpha value is -2.77. The molecule has 0 aliphatic heterocycles. The molecular formula is C11H10N4O4. The molecule has 8 nitrogen and oxygen atoms in total. The molecule has 2 aromatic heterocycles. The van der Waals surface area contributed by atoms with E-state index in [0.717, 1.165) is 0 Å². The number of carboxylic acid groups (broad SMARTS) is 1. The summed E-state index contributed by atoms with van der Waals surface area (Å²) in [5.41, 5.74) is 0. The summed E-state index contributed by atoms with van der Waals surface area (Å²) in [6.07, 6.45) is 4.44. The maximum atomic E-state index is 10.6. The zero-order valence-electron chi connectivity index (χ0n) is 9.76. The van der Waals surface area contributed by atoms with Crippen LogP contribution in [0.3, 0.4) is 0 Å². The molecule has 0 fully saturated rings. The maximum Gasteiger partial charge on any atom is 0.374 e. The molecule has 1 N–H and O–H groups in total. The molecule has 98 valence electrons. The minimum absolute atomic E-state index is 0.171. The molecule has 2 heterocycles. The monoisotopic (exact) mass is 262 g/mol. The van der Waals surface area contributed by atoms with Crippen LogP contribution in [0.15, 0.2) is 30.7 Å². The SMILES string of the molecule is O=C(O)c1nccc(OCCOc2ncccn2)n1. The first-order valence-corrected chi connectivity index (χ1v) is 5.34. The van der Waals surface area contributed by atoms with E-state index in [1.807, 2.05) is 0 Å². The fourth-order valence-corrected chi connectivity index (χ4v) is 1.16. The average molecular weight is 262 g/mol. The first-order valence-electron chi connectivity index (χ1n) is 5.34. The van der Waals surface area contributed by atoms with Crippen molar-refractivity contribution in [3.63, 3.8) is 0 Å². The molecule has 0 saturated carbocycles. The summed E-state index contributed by atoms with van der Waals surface area (Å²) in [5, 5.41) is 8.71. The molecule has 2 aromatic rings. The molecular weight excluding hydrogens is 252 g/mol. The summed E-state index contributed by atoms with van der Waals surface area (Å²) < 4.78 is 10.4. The largest absolute Gasteiger partial charge is 0.475 e. The molecule has 0 radical (unpaired) electrons. The van der Waals surface area contributed by atoms with Gasteiger partial charge in [-0.2, -0.15) is 4.98 Å². The van der Waals surface area contributed by atoms with Crippen LogP contribution in [0.2, 0.25) is 0 Å². The molecule has 0 atom stereocenters. The first-order chi connectivity index (χ1) is 9.25. The Bertz CT molecular complexity index is 549. The van der Waals surface area contributed by atoms with Gasteiger partial charge < -0.3 is 14.6 Å². The first kappa shape index (κ1) is 12.7. The van der Waals surface area contributed by atoms with Gasteiger partial charge in [-0.1, -0.05) is 0 Å². The molecule has 19 heavy (non-hydrogen) atoms. The van der Waals surface area contributed by atoms with Gasteiger partial charge in [0.2, 0.25) is 11.7 Å². The van der Waals surface area contributed by atoms with Crippen LogP contribution in [-0.2, 0) is 0 Å². The van der Waals surface area contributed by atoms with E-state index in [2.05, 4.69) is 19.9 Å². The van der Waals surface area contributed by atoms with Gasteiger partial charge in [0, 0.05) is 24.7 Å². The lowest BCUT2D eigenvalue weighted by atomic mass is 10.5. The van der Waals surface area contributed by atoms with Crippen LogP contribution in [0, 0.1) is 0 Å². The number of aromatic carboxylic acids is 1. The molecule has 0 aliphatic rings. The van der Waals surface area contributed by atoms with E-state index in [1.165, 1.54) is 12.3 Å². The highest BCUT2D eigenvalue weighted by atomic mass is 16.5. The number of nitrogens with zero attached hydrogens (tertiary/aromatic N) is 4. The number of hydrogen-bond acceptors (Lipinski definition) is 7. The van der Waals surface area contributed by atoms with Crippen molar-refractivity contribution in [1.82, 2.24) is 19.9 Å². The molecule has 0 aromatic carbocycles. The Kier molecular flexibility index (Phi) is 4.17. The third-order valence-corrected chi connectivity index (χ3v) is 1.93. The van der Waals surface area contributed by atoms with E-state index >= 15 is 0 Å². The van der Waals surface area contributed by atoms with Crippen molar-refractivity contribution in [2.75, 3.05) is 13.2 Å². The quantitative estimate of drug-likeness (QED) is 0.746. The van der Waals surface area contributed by atoms with Gasteiger partial charge in [0.1, 0.15) is 13.2 Å². The summed E-state index contributed by atoms with van der Waals surface area (Å²) >= 11 is 0. The van der Waals surface area contributed by atoms with Crippen LogP contribution in [0.25, 0.3) is 0 Å². The Morgan fingerprint density at radius 1 is 1.11 bits per heavy atom. The standard InChI is InChI=1S/C11H10N4O4/c16-10(17)9-12-5-2-8(15-9)18-6-7-19-11-13-3-1-4-14-11/h1-5H,6-7H2,(H,16,17).